The Balaban J connectivity index is 1.31. The summed E-state index contributed by atoms with van der Waals surface area (Å²) >= 11 is 0. The first kappa shape index (κ1) is 19.8. The first-order chi connectivity index (χ1) is 14.2. The highest BCUT2D eigenvalue weighted by molar-refractivity contribution is 5.92. The van der Waals surface area contributed by atoms with E-state index in [0.29, 0.717) is 13.2 Å². The molecule has 2 fully saturated rings. The predicted octanol–water partition coefficient (Wildman–Crippen LogP) is 5.03. The molecular formula is C24H31N3O2. The van der Waals surface area contributed by atoms with Gasteiger partial charge in [-0.1, -0.05) is 6.92 Å². The maximum absolute atomic E-state index is 12.3. The summed E-state index contributed by atoms with van der Waals surface area (Å²) in [4.78, 5) is 14.8. The molecule has 5 heteroatoms. The quantitative estimate of drug-likeness (QED) is 0.748. The summed E-state index contributed by atoms with van der Waals surface area (Å²) in [6.45, 7) is 5.99. The number of hydrogen-bond acceptors (Lipinski definition) is 4. The Bertz CT molecular complexity index is 790. The van der Waals surface area contributed by atoms with E-state index in [1.807, 2.05) is 24.3 Å². The minimum absolute atomic E-state index is 0.0585. The fraction of sp³-hybridized carbons (Fsp3) is 0.458. The van der Waals surface area contributed by atoms with Crippen LogP contribution in [0.1, 0.15) is 32.6 Å². The van der Waals surface area contributed by atoms with E-state index in [0.717, 1.165) is 48.9 Å². The first-order valence-corrected chi connectivity index (χ1v) is 10.8. The van der Waals surface area contributed by atoms with E-state index in [-0.39, 0.29) is 11.8 Å². The van der Waals surface area contributed by atoms with Gasteiger partial charge in [-0.05, 0) is 80.1 Å². The Labute approximate surface area is 173 Å². The summed E-state index contributed by atoms with van der Waals surface area (Å²) in [5, 5.41) is 6.46. The summed E-state index contributed by atoms with van der Waals surface area (Å²) in [6.07, 6.45) is 4.16. The molecule has 1 amide bonds. The molecule has 0 saturated carbocycles. The number of nitrogens with one attached hydrogen (secondary N) is 2. The summed E-state index contributed by atoms with van der Waals surface area (Å²) in [5.41, 5.74) is 4.21. The molecule has 2 saturated heterocycles. The van der Waals surface area contributed by atoms with Crippen LogP contribution in [-0.2, 0) is 9.53 Å². The second-order valence-electron chi connectivity index (χ2n) is 8.29. The molecule has 2 heterocycles. The van der Waals surface area contributed by atoms with Crippen molar-refractivity contribution in [3.8, 4) is 0 Å². The van der Waals surface area contributed by atoms with Gasteiger partial charge in [0.15, 0.2) is 0 Å². The largest absolute Gasteiger partial charge is 0.381 e. The standard InChI is InChI=1S/C24H31N3O2/c1-18-10-14-27(15-11-18)23-8-6-21(7-9-23)25-20-2-4-22(5-3-20)26-24(28)19-12-16-29-17-13-19/h2-9,18-19,25H,10-17H2,1H3,(H,26,28). The average Bonchev–Trinajstić information content (AvgIpc) is 2.77. The third-order valence-corrected chi connectivity index (χ3v) is 6.05. The van der Waals surface area contributed by atoms with Gasteiger partial charge >= 0.3 is 0 Å². The second-order valence-corrected chi connectivity index (χ2v) is 8.29. The van der Waals surface area contributed by atoms with Crippen LogP contribution in [0.5, 0.6) is 0 Å². The predicted molar refractivity (Wildman–Crippen MR) is 119 cm³/mol. The van der Waals surface area contributed by atoms with Gasteiger partial charge in [0.25, 0.3) is 0 Å². The smallest absolute Gasteiger partial charge is 0.227 e. The molecule has 5 nitrogen and oxygen atoms in total. The van der Waals surface area contributed by atoms with E-state index in [1.165, 1.54) is 18.5 Å². The lowest BCUT2D eigenvalue weighted by molar-refractivity contribution is -0.122. The number of ether oxygens (including phenoxy) is 1. The molecule has 0 spiro atoms. The molecule has 0 radical (unpaired) electrons. The highest BCUT2D eigenvalue weighted by atomic mass is 16.5. The van der Waals surface area contributed by atoms with Gasteiger partial charge in [0.05, 0.1) is 0 Å². The van der Waals surface area contributed by atoms with Crippen LogP contribution in [0.2, 0.25) is 0 Å². The zero-order chi connectivity index (χ0) is 20.1. The van der Waals surface area contributed by atoms with E-state index in [9.17, 15) is 4.79 Å². The molecule has 2 aliphatic heterocycles. The van der Waals surface area contributed by atoms with E-state index in [1.54, 1.807) is 0 Å². The number of hydrogen-bond donors (Lipinski definition) is 2. The minimum Gasteiger partial charge on any atom is -0.381 e. The number of piperidine rings is 1. The van der Waals surface area contributed by atoms with E-state index in [4.69, 9.17) is 4.74 Å². The van der Waals surface area contributed by atoms with Crippen LogP contribution in [0.3, 0.4) is 0 Å². The normalized spacial score (nSPS) is 18.4. The summed E-state index contributed by atoms with van der Waals surface area (Å²) < 4.78 is 5.33. The minimum atomic E-state index is 0.0585. The van der Waals surface area contributed by atoms with Crippen molar-refractivity contribution in [3.05, 3.63) is 48.5 Å². The van der Waals surface area contributed by atoms with Crippen molar-refractivity contribution in [2.45, 2.75) is 32.6 Å². The van der Waals surface area contributed by atoms with Crippen LogP contribution in [-0.4, -0.2) is 32.2 Å². The van der Waals surface area contributed by atoms with Crippen molar-refractivity contribution in [1.29, 1.82) is 0 Å². The first-order valence-electron chi connectivity index (χ1n) is 10.8. The van der Waals surface area contributed by atoms with Gasteiger partial charge in [0, 0.05) is 55.0 Å². The number of anilines is 4. The lowest BCUT2D eigenvalue weighted by atomic mass is 9.99. The van der Waals surface area contributed by atoms with Crippen molar-refractivity contribution in [1.82, 2.24) is 0 Å². The van der Waals surface area contributed by atoms with Crippen molar-refractivity contribution in [3.63, 3.8) is 0 Å². The van der Waals surface area contributed by atoms with Gasteiger partial charge in [0.2, 0.25) is 5.91 Å². The van der Waals surface area contributed by atoms with E-state index >= 15 is 0 Å². The number of carbonyl (C=O) groups excluding carboxylic acids is 1. The number of nitrogens with zero attached hydrogens (tertiary/aromatic N) is 1. The van der Waals surface area contributed by atoms with Crippen LogP contribution < -0.4 is 15.5 Å². The maximum Gasteiger partial charge on any atom is 0.227 e. The number of carbonyl (C=O) groups is 1. The summed E-state index contributed by atoms with van der Waals surface area (Å²) in [5.74, 6) is 0.997. The van der Waals surface area contributed by atoms with E-state index in [2.05, 4.69) is 46.7 Å². The SMILES string of the molecule is CC1CCN(c2ccc(Nc3ccc(NC(=O)C4CCOCC4)cc3)cc2)CC1. The molecule has 2 aliphatic rings. The van der Waals surface area contributed by atoms with Crippen LogP contribution in [0.25, 0.3) is 0 Å². The molecule has 2 N–H and O–H groups in total. The molecule has 2 aromatic rings. The highest BCUT2D eigenvalue weighted by Crippen LogP contribution is 2.26. The summed E-state index contributed by atoms with van der Waals surface area (Å²) in [7, 11) is 0. The fourth-order valence-electron chi connectivity index (χ4n) is 4.03. The number of benzene rings is 2. The number of amides is 1. The Kier molecular flexibility index (Phi) is 6.35. The molecule has 0 unspecified atom stereocenters. The van der Waals surface area contributed by atoms with Crippen molar-refractivity contribution in [2.24, 2.45) is 11.8 Å². The zero-order valence-electron chi connectivity index (χ0n) is 17.2. The molecule has 0 bridgehead atoms. The Hall–Kier alpha value is -2.53. The molecule has 0 aliphatic carbocycles. The lowest BCUT2D eigenvalue weighted by Crippen LogP contribution is -2.32. The molecule has 154 valence electrons. The molecule has 2 aromatic carbocycles. The molecule has 0 atom stereocenters. The van der Waals surface area contributed by atoms with Gasteiger partial charge in [0.1, 0.15) is 0 Å². The number of rotatable bonds is 5. The molecule has 29 heavy (non-hydrogen) atoms. The van der Waals surface area contributed by atoms with Gasteiger partial charge in [-0.3, -0.25) is 4.79 Å². The maximum atomic E-state index is 12.3. The Morgan fingerprint density at radius 2 is 1.41 bits per heavy atom. The lowest BCUT2D eigenvalue weighted by Gasteiger charge is -2.32. The Morgan fingerprint density at radius 1 is 0.862 bits per heavy atom. The van der Waals surface area contributed by atoms with Gasteiger partial charge in [-0.2, -0.15) is 0 Å². The van der Waals surface area contributed by atoms with Crippen LogP contribution in [0.15, 0.2) is 48.5 Å². The van der Waals surface area contributed by atoms with Gasteiger partial charge in [-0.25, -0.2) is 0 Å². The van der Waals surface area contributed by atoms with Crippen LogP contribution in [0, 0.1) is 11.8 Å². The third-order valence-electron chi connectivity index (χ3n) is 6.05. The molecular weight excluding hydrogens is 362 g/mol. The molecule has 0 aromatic heterocycles. The van der Waals surface area contributed by atoms with Gasteiger partial charge in [-0.15, -0.1) is 0 Å². The molecule has 4 rings (SSSR count). The third kappa shape index (κ3) is 5.30. The van der Waals surface area contributed by atoms with Crippen molar-refractivity contribution >= 4 is 28.7 Å². The second kappa shape index (κ2) is 9.31. The zero-order valence-corrected chi connectivity index (χ0v) is 17.2. The highest BCUT2D eigenvalue weighted by Gasteiger charge is 2.21. The van der Waals surface area contributed by atoms with Crippen LogP contribution in [0.4, 0.5) is 22.7 Å². The van der Waals surface area contributed by atoms with Gasteiger partial charge < -0.3 is 20.3 Å². The van der Waals surface area contributed by atoms with E-state index < -0.39 is 0 Å². The van der Waals surface area contributed by atoms with Crippen molar-refractivity contribution in [2.75, 3.05) is 41.8 Å². The Morgan fingerprint density at radius 3 is 2.03 bits per heavy atom. The monoisotopic (exact) mass is 393 g/mol. The topological polar surface area (TPSA) is 53.6 Å². The fourth-order valence-corrected chi connectivity index (χ4v) is 4.03. The van der Waals surface area contributed by atoms with Crippen LogP contribution >= 0.6 is 0 Å². The summed E-state index contributed by atoms with van der Waals surface area (Å²) in [6, 6.07) is 16.6. The average molecular weight is 394 g/mol. The van der Waals surface area contributed by atoms with Crippen molar-refractivity contribution < 1.29 is 9.53 Å².